The Morgan fingerprint density at radius 3 is 2.77 bits per heavy atom. The number of nitrogens with zero attached hydrogens (tertiary/aromatic N) is 1. The Labute approximate surface area is 188 Å². The molecule has 0 aromatic heterocycles. The van der Waals surface area contributed by atoms with Crippen LogP contribution in [0.1, 0.15) is 15.9 Å². The minimum atomic E-state index is -0.747. The van der Waals surface area contributed by atoms with Gasteiger partial charge in [-0.15, -0.1) is 0 Å². The normalized spacial score (nSPS) is 15.6. The number of carbonyl (C=O) groups is 1. The minimum Gasteiger partial charge on any atom is -0.389 e. The van der Waals surface area contributed by atoms with E-state index < -0.39 is 17.8 Å². The number of aliphatic hydroxyl groups excluding tert-OH is 1. The number of morpholine rings is 1. The fraction of sp³-hybridized carbons (Fsp3) is 0.381. The summed E-state index contributed by atoms with van der Waals surface area (Å²) in [6, 6.07) is 9.66. The summed E-state index contributed by atoms with van der Waals surface area (Å²) in [4.78, 5) is 19.8. The lowest BCUT2D eigenvalue weighted by Crippen LogP contribution is -2.42. The summed E-state index contributed by atoms with van der Waals surface area (Å²) in [5.41, 5.74) is 4.64. The molecule has 1 aliphatic heterocycles. The number of aliphatic hydroxyl groups is 1. The molecule has 1 heterocycles. The number of benzene rings is 2. The molecule has 9 heteroatoms. The van der Waals surface area contributed by atoms with Crippen LogP contribution in [0.25, 0.3) is 0 Å². The molecule has 1 fully saturated rings. The Morgan fingerprint density at radius 1 is 1.27 bits per heavy atom. The van der Waals surface area contributed by atoms with Gasteiger partial charge in [-0.3, -0.25) is 14.5 Å². The molecule has 3 N–H and O–H groups in total. The smallest absolute Gasteiger partial charge is 0.276 e. The maximum atomic E-state index is 13.8. The van der Waals surface area contributed by atoms with Crippen LogP contribution in [0, 0.1) is 16.3 Å². The van der Waals surface area contributed by atoms with Crippen LogP contribution in [-0.4, -0.2) is 61.5 Å². The molecule has 2 aromatic carbocycles. The van der Waals surface area contributed by atoms with Crippen LogP contribution in [0.15, 0.2) is 36.4 Å². The number of aryl methyl sites for hydroxylation is 1. The topological polar surface area (TPSA) is 83.1 Å². The van der Waals surface area contributed by atoms with Crippen molar-refractivity contribution in [3.8, 4) is 0 Å². The van der Waals surface area contributed by atoms with Crippen molar-refractivity contribution in [1.29, 1.82) is 0 Å². The Balaban J connectivity index is 1.58. The largest absolute Gasteiger partial charge is 0.389 e. The molecule has 7 nitrogen and oxygen atoms in total. The number of carbonyl (C=O) groups excluding carboxylic acids is 1. The molecule has 30 heavy (non-hydrogen) atoms. The highest BCUT2D eigenvalue weighted by atomic mass is 127. The quantitative estimate of drug-likeness (QED) is 0.361. The molecule has 0 saturated carbocycles. The van der Waals surface area contributed by atoms with Crippen molar-refractivity contribution >= 4 is 39.9 Å². The Kier molecular flexibility index (Phi) is 8.40. The van der Waals surface area contributed by atoms with E-state index in [2.05, 4.69) is 38.3 Å². The summed E-state index contributed by atoms with van der Waals surface area (Å²) < 4.78 is 20.2. The second kappa shape index (κ2) is 11.0. The fourth-order valence-electron chi connectivity index (χ4n) is 3.12. The molecule has 1 aliphatic rings. The van der Waals surface area contributed by atoms with Gasteiger partial charge in [0.05, 0.1) is 30.6 Å². The van der Waals surface area contributed by atoms with Crippen LogP contribution in [-0.2, 0) is 9.57 Å². The average Bonchev–Trinajstić information content (AvgIpc) is 2.71. The van der Waals surface area contributed by atoms with Crippen molar-refractivity contribution in [3.63, 3.8) is 0 Å². The number of nitrogens with one attached hydrogen (secondary N) is 2. The highest BCUT2D eigenvalue weighted by Crippen LogP contribution is 2.25. The summed E-state index contributed by atoms with van der Waals surface area (Å²) in [6.07, 6.45) is -0.747. The number of β-amino-alcohol motifs (C(OH)–C–C–N with tert-alkyl or cyclic N) is 1. The summed E-state index contributed by atoms with van der Waals surface area (Å²) in [6.45, 7) is 5.12. The van der Waals surface area contributed by atoms with E-state index >= 15 is 0 Å². The van der Waals surface area contributed by atoms with Crippen LogP contribution < -0.4 is 10.8 Å². The van der Waals surface area contributed by atoms with E-state index in [4.69, 9.17) is 9.57 Å². The first-order chi connectivity index (χ1) is 14.4. The molecule has 0 spiro atoms. The maximum absolute atomic E-state index is 13.8. The first-order valence-electron chi connectivity index (χ1n) is 9.65. The van der Waals surface area contributed by atoms with Crippen molar-refractivity contribution in [3.05, 3.63) is 56.9 Å². The summed E-state index contributed by atoms with van der Waals surface area (Å²) >= 11 is 2.22. The summed E-state index contributed by atoms with van der Waals surface area (Å²) in [7, 11) is 0. The monoisotopic (exact) mass is 529 g/mol. The molecule has 2 aromatic rings. The lowest BCUT2D eigenvalue weighted by Gasteiger charge is -2.28. The van der Waals surface area contributed by atoms with Crippen LogP contribution in [0.5, 0.6) is 0 Å². The van der Waals surface area contributed by atoms with E-state index in [1.165, 1.54) is 18.2 Å². The van der Waals surface area contributed by atoms with E-state index in [9.17, 15) is 14.3 Å². The molecule has 1 saturated heterocycles. The second-order valence-electron chi connectivity index (χ2n) is 7.08. The van der Waals surface area contributed by atoms with Crippen LogP contribution in [0.4, 0.5) is 15.8 Å². The predicted molar refractivity (Wildman–Crippen MR) is 120 cm³/mol. The third-order valence-electron chi connectivity index (χ3n) is 4.70. The number of rotatable bonds is 8. The van der Waals surface area contributed by atoms with Crippen LogP contribution in [0.2, 0.25) is 0 Å². The zero-order valence-electron chi connectivity index (χ0n) is 16.7. The van der Waals surface area contributed by atoms with Gasteiger partial charge >= 0.3 is 0 Å². The van der Waals surface area contributed by atoms with E-state index in [1.54, 1.807) is 0 Å². The molecule has 3 rings (SSSR count). The van der Waals surface area contributed by atoms with Crippen LogP contribution in [0.3, 0.4) is 0 Å². The zero-order chi connectivity index (χ0) is 21.5. The van der Waals surface area contributed by atoms with Gasteiger partial charge in [-0.1, -0.05) is 0 Å². The number of ether oxygens (including phenoxy) is 1. The van der Waals surface area contributed by atoms with Crippen molar-refractivity contribution in [2.75, 3.05) is 44.8 Å². The Bertz CT molecular complexity index is 877. The van der Waals surface area contributed by atoms with Crippen molar-refractivity contribution < 1.29 is 23.9 Å². The highest BCUT2D eigenvalue weighted by molar-refractivity contribution is 14.1. The third kappa shape index (κ3) is 6.61. The maximum Gasteiger partial charge on any atom is 0.276 e. The van der Waals surface area contributed by atoms with Gasteiger partial charge in [-0.2, -0.15) is 0 Å². The van der Waals surface area contributed by atoms with E-state index in [0.29, 0.717) is 25.4 Å². The number of hydrogen-bond donors (Lipinski definition) is 3. The first-order valence-corrected chi connectivity index (χ1v) is 10.7. The average molecular weight is 529 g/mol. The van der Waals surface area contributed by atoms with Gasteiger partial charge in [-0.05, 0) is 71.5 Å². The number of hydrogen-bond acceptors (Lipinski definition) is 6. The SMILES string of the molecule is Cc1cc(I)ccc1Nc1cc(F)ccc1C(=O)NOCC(O)CN1CCOCC1. The molecule has 1 unspecified atom stereocenters. The fourth-order valence-corrected chi connectivity index (χ4v) is 3.77. The summed E-state index contributed by atoms with van der Waals surface area (Å²) in [5, 5.41) is 13.2. The zero-order valence-corrected chi connectivity index (χ0v) is 18.8. The minimum absolute atomic E-state index is 0.0523. The number of halogens is 2. The van der Waals surface area contributed by atoms with Gasteiger partial charge in [0.1, 0.15) is 12.4 Å². The molecule has 162 valence electrons. The van der Waals surface area contributed by atoms with Crippen molar-refractivity contribution in [2.45, 2.75) is 13.0 Å². The van der Waals surface area contributed by atoms with E-state index in [1.807, 2.05) is 25.1 Å². The first kappa shape index (κ1) is 22.9. The Morgan fingerprint density at radius 2 is 2.03 bits per heavy atom. The Hall–Kier alpha value is -1.79. The number of anilines is 2. The molecule has 0 aliphatic carbocycles. The van der Waals surface area contributed by atoms with Gasteiger partial charge in [0.25, 0.3) is 5.91 Å². The lowest BCUT2D eigenvalue weighted by atomic mass is 10.1. The molecular formula is C21H25FIN3O4. The van der Waals surface area contributed by atoms with Gasteiger partial charge in [0, 0.05) is 28.9 Å². The van der Waals surface area contributed by atoms with Gasteiger partial charge < -0.3 is 15.2 Å². The molecule has 0 bridgehead atoms. The van der Waals surface area contributed by atoms with E-state index in [-0.39, 0.29) is 12.2 Å². The summed E-state index contributed by atoms with van der Waals surface area (Å²) in [5.74, 6) is -0.988. The molecular weight excluding hydrogens is 504 g/mol. The number of amides is 1. The number of hydroxylamine groups is 1. The van der Waals surface area contributed by atoms with E-state index in [0.717, 1.165) is 27.9 Å². The lowest BCUT2D eigenvalue weighted by molar-refractivity contribution is -0.0362. The van der Waals surface area contributed by atoms with Gasteiger partial charge in [-0.25, -0.2) is 9.87 Å². The standard InChI is InChI=1S/C21H25FIN3O4/c1-14-10-16(23)3-5-19(14)24-20-11-15(22)2-4-18(20)21(28)25-30-13-17(27)12-26-6-8-29-9-7-26/h2-5,10-11,17,24,27H,6-9,12-13H2,1H3,(H,25,28). The van der Waals surface area contributed by atoms with Gasteiger partial charge in [0.2, 0.25) is 0 Å². The molecule has 1 atom stereocenters. The predicted octanol–water partition coefficient (Wildman–Crippen LogP) is 2.84. The van der Waals surface area contributed by atoms with Crippen molar-refractivity contribution in [1.82, 2.24) is 10.4 Å². The third-order valence-corrected chi connectivity index (χ3v) is 5.37. The molecule has 1 amide bonds. The van der Waals surface area contributed by atoms with Crippen molar-refractivity contribution in [2.24, 2.45) is 0 Å². The van der Waals surface area contributed by atoms with Crippen LogP contribution >= 0.6 is 22.6 Å². The second-order valence-corrected chi connectivity index (χ2v) is 8.33. The van der Waals surface area contributed by atoms with Gasteiger partial charge in [0.15, 0.2) is 0 Å². The molecule has 0 radical (unpaired) electrons. The highest BCUT2D eigenvalue weighted by Gasteiger charge is 2.17.